The Labute approximate surface area is 154 Å². The van der Waals surface area contributed by atoms with E-state index in [2.05, 4.69) is 10.4 Å². The lowest BCUT2D eigenvalue weighted by Crippen LogP contribution is -2.50. The fraction of sp³-hybridized carbons (Fsp3) is 0.529. The molecule has 3 rings (SSSR count). The monoisotopic (exact) mass is 378 g/mol. The summed E-state index contributed by atoms with van der Waals surface area (Å²) in [4.78, 5) is 39.2. The Morgan fingerprint density at radius 3 is 2.81 bits per heavy atom. The molecule has 3 heterocycles. The minimum Gasteiger partial charge on any atom is -0.481 e. The third-order valence-electron chi connectivity index (χ3n) is 4.72. The van der Waals surface area contributed by atoms with E-state index in [0.717, 1.165) is 15.9 Å². The summed E-state index contributed by atoms with van der Waals surface area (Å²) >= 11 is 1.33. The van der Waals surface area contributed by atoms with Crippen LogP contribution in [0.25, 0.3) is 10.2 Å². The number of hydrogen-bond acceptors (Lipinski definition) is 5. The Bertz CT molecular complexity index is 837. The number of fused-ring (bicyclic) bond motifs is 1. The molecular weight excluding hydrogens is 356 g/mol. The fourth-order valence-corrected chi connectivity index (χ4v) is 4.33. The van der Waals surface area contributed by atoms with Crippen LogP contribution in [0, 0.1) is 12.8 Å². The summed E-state index contributed by atoms with van der Waals surface area (Å²) < 4.78 is 1.74. The number of likely N-dealkylation sites (tertiary alicyclic amines) is 1. The molecule has 9 heteroatoms. The first-order chi connectivity index (χ1) is 12.3. The number of carbonyl (C=O) groups is 3. The van der Waals surface area contributed by atoms with Gasteiger partial charge in [-0.15, -0.1) is 11.3 Å². The summed E-state index contributed by atoms with van der Waals surface area (Å²) in [6, 6.07) is 1.08. The van der Waals surface area contributed by atoms with Crippen molar-refractivity contribution in [2.45, 2.75) is 32.7 Å². The topological polar surface area (TPSA) is 105 Å². The molecule has 0 aromatic carbocycles. The van der Waals surface area contributed by atoms with E-state index in [0.29, 0.717) is 24.3 Å². The van der Waals surface area contributed by atoms with Gasteiger partial charge in [0, 0.05) is 25.5 Å². The van der Waals surface area contributed by atoms with E-state index in [1.54, 1.807) is 17.7 Å². The second kappa shape index (κ2) is 7.06. The van der Waals surface area contributed by atoms with Crippen LogP contribution in [0.1, 0.15) is 35.1 Å². The molecule has 1 aliphatic rings. The van der Waals surface area contributed by atoms with Gasteiger partial charge in [0.05, 0.1) is 16.5 Å². The molecule has 26 heavy (non-hydrogen) atoms. The van der Waals surface area contributed by atoms with Gasteiger partial charge in [-0.25, -0.2) is 0 Å². The number of rotatable bonds is 4. The number of thiophene rings is 1. The molecule has 2 aromatic rings. The molecule has 2 atom stereocenters. The quantitative estimate of drug-likeness (QED) is 0.836. The molecule has 2 amide bonds. The standard InChI is InChI=1S/C17H22N4O4S/c1-9-12-7-13(26-16(12)20(3)19-9)14(22)18-10(2)15(23)21-6-4-5-11(8-21)17(24)25/h7,10-11H,4-6,8H2,1-3H3,(H,18,22)(H,24,25)/t10?,11-/m0/s1. The number of aromatic nitrogens is 2. The summed E-state index contributed by atoms with van der Waals surface area (Å²) in [6.07, 6.45) is 1.24. The van der Waals surface area contributed by atoms with Crippen molar-refractivity contribution in [3.05, 3.63) is 16.6 Å². The number of carbonyl (C=O) groups excluding carboxylic acids is 2. The van der Waals surface area contributed by atoms with Crippen molar-refractivity contribution in [3.8, 4) is 0 Å². The third-order valence-corrected chi connectivity index (χ3v) is 5.92. The van der Waals surface area contributed by atoms with Gasteiger partial charge in [0.15, 0.2) is 0 Å². The molecule has 1 saturated heterocycles. The van der Waals surface area contributed by atoms with Gasteiger partial charge >= 0.3 is 5.97 Å². The molecule has 140 valence electrons. The van der Waals surface area contributed by atoms with Crippen molar-refractivity contribution in [3.63, 3.8) is 0 Å². The molecule has 0 radical (unpaired) electrons. The number of carboxylic acids is 1. The molecule has 2 N–H and O–H groups in total. The largest absolute Gasteiger partial charge is 0.481 e. The number of aliphatic carboxylic acids is 1. The van der Waals surface area contributed by atoms with Crippen molar-refractivity contribution in [2.75, 3.05) is 13.1 Å². The van der Waals surface area contributed by atoms with E-state index < -0.39 is 17.9 Å². The lowest BCUT2D eigenvalue weighted by atomic mass is 9.98. The first kappa shape index (κ1) is 18.4. The Kier molecular flexibility index (Phi) is 4.99. The normalized spacial score (nSPS) is 18.7. The fourth-order valence-electron chi connectivity index (χ4n) is 3.30. The predicted octanol–water partition coefficient (Wildman–Crippen LogP) is 1.38. The highest BCUT2D eigenvalue weighted by Gasteiger charge is 2.31. The minimum absolute atomic E-state index is 0.197. The maximum absolute atomic E-state index is 12.6. The van der Waals surface area contributed by atoms with Crippen LogP contribution in [0.2, 0.25) is 0 Å². The third kappa shape index (κ3) is 3.44. The van der Waals surface area contributed by atoms with Crippen LogP contribution >= 0.6 is 11.3 Å². The van der Waals surface area contributed by atoms with Crippen LogP contribution < -0.4 is 5.32 Å². The molecule has 0 saturated carbocycles. The maximum Gasteiger partial charge on any atom is 0.308 e. The summed E-state index contributed by atoms with van der Waals surface area (Å²) in [6.45, 7) is 4.24. The Morgan fingerprint density at radius 2 is 2.15 bits per heavy atom. The molecule has 0 aliphatic carbocycles. The minimum atomic E-state index is -0.881. The number of amides is 2. The molecule has 1 fully saturated rings. The van der Waals surface area contributed by atoms with E-state index in [9.17, 15) is 14.4 Å². The lowest BCUT2D eigenvalue weighted by molar-refractivity contribution is -0.146. The van der Waals surface area contributed by atoms with Gasteiger partial charge in [-0.3, -0.25) is 19.1 Å². The van der Waals surface area contributed by atoms with E-state index in [-0.39, 0.29) is 18.4 Å². The first-order valence-electron chi connectivity index (χ1n) is 8.53. The van der Waals surface area contributed by atoms with Gasteiger partial charge in [-0.2, -0.15) is 5.10 Å². The van der Waals surface area contributed by atoms with E-state index in [1.807, 2.05) is 14.0 Å². The second-order valence-electron chi connectivity index (χ2n) is 6.70. The Hall–Kier alpha value is -2.42. The summed E-state index contributed by atoms with van der Waals surface area (Å²) in [5.74, 6) is -1.97. The summed E-state index contributed by atoms with van der Waals surface area (Å²) in [5, 5.41) is 17.1. The van der Waals surface area contributed by atoms with Gasteiger partial charge in [0.2, 0.25) is 5.91 Å². The van der Waals surface area contributed by atoms with Crippen LogP contribution in [0.15, 0.2) is 6.07 Å². The second-order valence-corrected chi connectivity index (χ2v) is 7.73. The van der Waals surface area contributed by atoms with Crippen molar-refractivity contribution >= 4 is 39.3 Å². The highest BCUT2D eigenvalue weighted by molar-refractivity contribution is 7.20. The van der Waals surface area contributed by atoms with Crippen molar-refractivity contribution in [2.24, 2.45) is 13.0 Å². The number of nitrogens with one attached hydrogen (secondary N) is 1. The zero-order valence-electron chi connectivity index (χ0n) is 15.0. The first-order valence-corrected chi connectivity index (χ1v) is 9.35. The average Bonchev–Trinajstić information content (AvgIpc) is 3.16. The molecule has 1 unspecified atom stereocenters. The molecule has 1 aliphatic heterocycles. The van der Waals surface area contributed by atoms with Crippen molar-refractivity contribution in [1.29, 1.82) is 0 Å². The van der Waals surface area contributed by atoms with Crippen LogP contribution in [0.5, 0.6) is 0 Å². The number of hydrogen-bond donors (Lipinski definition) is 2. The smallest absolute Gasteiger partial charge is 0.308 e. The summed E-state index contributed by atoms with van der Waals surface area (Å²) in [7, 11) is 1.83. The zero-order chi connectivity index (χ0) is 19.0. The van der Waals surface area contributed by atoms with Crippen LogP contribution in [-0.4, -0.2) is 56.7 Å². The molecule has 2 aromatic heterocycles. The molecule has 0 bridgehead atoms. The Morgan fingerprint density at radius 1 is 1.42 bits per heavy atom. The zero-order valence-corrected chi connectivity index (χ0v) is 15.8. The van der Waals surface area contributed by atoms with Gasteiger partial charge in [-0.05, 0) is 32.8 Å². The number of piperidine rings is 1. The summed E-state index contributed by atoms with van der Waals surface area (Å²) in [5.41, 5.74) is 0.856. The SMILES string of the molecule is Cc1nn(C)c2sc(C(=O)NC(C)C(=O)N3CCC[C@H](C(=O)O)C3)cc12. The molecule has 8 nitrogen and oxygen atoms in total. The van der Waals surface area contributed by atoms with Gasteiger partial charge < -0.3 is 15.3 Å². The van der Waals surface area contributed by atoms with Gasteiger partial charge in [0.1, 0.15) is 10.9 Å². The maximum atomic E-state index is 12.6. The average molecular weight is 378 g/mol. The number of nitrogens with zero attached hydrogens (tertiary/aromatic N) is 3. The van der Waals surface area contributed by atoms with Gasteiger partial charge in [0.25, 0.3) is 5.91 Å². The van der Waals surface area contributed by atoms with Gasteiger partial charge in [-0.1, -0.05) is 0 Å². The van der Waals surface area contributed by atoms with Crippen LogP contribution in [-0.2, 0) is 16.6 Å². The van der Waals surface area contributed by atoms with Crippen LogP contribution in [0.4, 0.5) is 0 Å². The highest BCUT2D eigenvalue weighted by atomic mass is 32.1. The van der Waals surface area contributed by atoms with E-state index >= 15 is 0 Å². The Balaban J connectivity index is 1.67. The van der Waals surface area contributed by atoms with E-state index in [1.165, 1.54) is 16.2 Å². The van der Waals surface area contributed by atoms with Crippen molar-refractivity contribution in [1.82, 2.24) is 20.0 Å². The van der Waals surface area contributed by atoms with Crippen LogP contribution in [0.3, 0.4) is 0 Å². The highest BCUT2D eigenvalue weighted by Crippen LogP contribution is 2.27. The number of aryl methyl sites for hydroxylation is 2. The molecular formula is C17H22N4O4S. The molecule has 0 spiro atoms. The lowest BCUT2D eigenvalue weighted by Gasteiger charge is -2.32. The van der Waals surface area contributed by atoms with Crippen molar-refractivity contribution < 1.29 is 19.5 Å². The predicted molar refractivity (Wildman–Crippen MR) is 97.2 cm³/mol. The van der Waals surface area contributed by atoms with E-state index in [4.69, 9.17) is 5.11 Å². The number of carboxylic acid groups (broad SMARTS) is 1.